The van der Waals surface area contributed by atoms with Crippen LogP contribution >= 0.6 is 0 Å². The summed E-state index contributed by atoms with van der Waals surface area (Å²) in [7, 11) is 0. The molecule has 0 radical (unpaired) electrons. The van der Waals surface area contributed by atoms with E-state index in [1.54, 1.807) is 6.20 Å². The van der Waals surface area contributed by atoms with Crippen LogP contribution in [0.2, 0.25) is 0 Å². The highest BCUT2D eigenvalue weighted by atomic mass is 16.3. The molecular weight excluding hydrogens is 188 g/mol. The number of nitrogens with zero attached hydrogens (tertiary/aromatic N) is 1. The van der Waals surface area contributed by atoms with Gasteiger partial charge in [0.2, 0.25) is 0 Å². The maximum Gasteiger partial charge on any atom is 0.0798 e. The van der Waals surface area contributed by atoms with E-state index in [1.165, 1.54) is 0 Å². The summed E-state index contributed by atoms with van der Waals surface area (Å²) in [6.07, 6.45) is 2.33. The second kappa shape index (κ2) is 5.24. The molecule has 0 aliphatic rings. The lowest BCUT2D eigenvalue weighted by molar-refractivity contribution is 0.0572. The van der Waals surface area contributed by atoms with Crippen LogP contribution in [0.25, 0.3) is 0 Å². The van der Waals surface area contributed by atoms with Gasteiger partial charge in [-0.15, -0.1) is 0 Å². The molecule has 3 heteroatoms. The topological polar surface area (TPSA) is 45.1 Å². The molecule has 84 valence electrons. The van der Waals surface area contributed by atoms with Crippen molar-refractivity contribution in [2.24, 2.45) is 0 Å². The highest BCUT2D eigenvalue weighted by Crippen LogP contribution is 2.10. The molecule has 1 heterocycles. The molecule has 1 atom stereocenters. The van der Waals surface area contributed by atoms with Crippen molar-refractivity contribution in [3.05, 3.63) is 30.1 Å². The quantitative estimate of drug-likeness (QED) is 0.768. The average Bonchev–Trinajstić information content (AvgIpc) is 2.16. The monoisotopic (exact) mass is 208 g/mol. The van der Waals surface area contributed by atoms with Crippen LogP contribution in [0.1, 0.15) is 26.5 Å². The minimum absolute atomic E-state index is 0.389. The third kappa shape index (κ3) is 4.91. The Morgan fingerprint density at radius 1 is 1.47 bits per heavy atom. The first-order valence-corrected chi connectivity index (χ1v) is 5.35. The van der Waals surface area contributed by atoms with Gasteiger partial charge in [0.15, 0.2) is 0 Å². The molecule has 0 bridgehead atoms. The van der Waals surface area contributed by atoms with Crippen molar-refractivity contribution in [3.63, 3.8) is 0 Å². The zero-order valence-electron chi connectivity index (χ0n) is 9.70. The fourth-order valence-electron chi connectivity index (χ4n) is 1.38. The number of rotatable bonds is 5. The highest BCUT2D eigenvalue weighted by molar-refractivity contribution is 5.06. The van der Waals surface area contributed by atoms with Crippen LogP contribution in [0, 0.1) is 0 Å². The highest BCUT2D eigenvalue weighted by Gasteiger charge is 2.21. The lowest BCUT2D eigenvalue weighted by Crippen LogP contribution is -2.42. The van der Waals surface area contributed by atoms with Crippen molar-refractivity contribution in [2.45, 2.75) is 38.8 Å². The summed E-state index contributed by atoms with van der Waals surface area (Å²) in [6.45, 7) is 6.55. The Morgan fingerprint density at radius 3 is 2.73 bits per heavy atom. The zero-order chi connectivity index (χ0) is 11.3. The molecule has 0 fully saturated rings. The van der Waals surface area contributed by atoms with Gasteiger partial charge in [0.25, 0.3) is 0 Å². The normalized spacial score (nSPS) is 15.3. The molecule has 1 aromatic rings. The smallest absolute Gasteiger partial charge is 0.0798 e. The van der Waals surface area contributed by atoms with Crippen LogP contribution in [-0.2, 0) is 6.42 Å². The van der Waals surface area contributed by atoms with E-state index in [-0.39, 0.29) is 0 Å². The Hall–Kier alpha value is -0.930. The van der Waals surface area contributed by atoms with Gasteiger partial charge in [-0.3, -0.25) is 4.98 Å². The fourth-order valence-corrected chi connectivity index (χ4v) is 1.38. The number of aromatic nitrogens is 1. The summed E-state index contributed by atoms with van der Waals surface area (Å²) < 4.78 is 0. The number of pyridine rings is 1. The minimum atomic E-state index is -0.737. The molecule has 3 nitrogen and oxygen atoms in total. The Bertz CT molecular complexity index is 283. The Labute approximate surface area is 91.5 Å². The van der Waals surface area contributed by atoms with Crippen LogP contribution in [0.15, 0.2) is 24.4 Å². The number of hydrogen-bond donors (Lipinski definition) is 2. The second-order valence-electron chi connectivity index (χ2n) is 4.53. The van der Waals surface area contributed by atoms with E-state index in [1.807, 2.05) is 25.1 Å². The van der Waals surface area contributed by atoms with E-state index in [2.05, 4.69) is 24.1 Å². The number of aliphatic hydroxyl groups is 1. The van der Waals surface area contributed by atoms with Gasteiger partial charge in [-0.2, -0.15) is 0 Å². The molecule has 1 unspecified atom stereocenters. The van der Waals surface area contributed by atoms with Gasteiger partial charge in [-0.05, 0) is 19.1 Å². The van der Waals surface area contributed by atoms with Crippen molar-refractivity contribution >= 4 is 0 Å². The van der Waals surface area contributed by atoms with Gasteiger partial charge in [0.1, 0.15) is 0 Å². The maximum atomic E-state index is 10.1. The third-order valence-electron chi connectivity index (χ3n) is 2.18. The summed E-state index contributed by atoms with van der Waals surface area (Å²) >= 11 is 0. The Kier molecular flexibility index (Phi) is 4.24. The van der Waals surface area contributed by atoms with Gasteiger partial charge in [0, 0.05) is 30.9 Å². The SMILES string of the molecule is CC(C)NCC(C)(O)Cc1ccccn1. The van der Waals surface area contributed by atoms with Crippen LogP contribution in [0.5, 0.6) is 0 Å². The molecule has 1 rings (SSSR count). The minimum Gasteiger partial charge on any atom is -0.388 e. The molecule has 0 amide bonds. The van der Waals surface area contributed by atoms with Gasteiger partial charge in [-0.1, -0.05) is 19.9 Å². The molecular formula is C12H20N2O. The van der Waals surface area contributed by atoms with E-state index in [9.17, 15) is 5.11 Å². The predicted molar refractivity (Wildman–Crippen MR) is 61.7 cm³/mol. The van der Waals surface area contributed by atoms with Crippen molar-refractivity contribution in [1.29, 1.82) is 0 Å². The van der Waals surface area contributed by atoms with E-state index < -0.39 is 5.60 Å². The van der Waals surface area contributed by atoms with E-state index >= 15 is 0 Å². The van der Waals surface area contributed by atoms with Gasteiger partial charge >= 0.3 is 0 Å². The first-order chi connectivity index (χ1) is 6.99. The number of nitrogens with one attached hydrogen (secondary N) is 1. The Morgan fingerprint density at radius 2 is 2.20 bits per heavy atom. The Balaban J connectivity index is 2.49. The van der Waals surface area contributed by atoms with Crippen LogP contribution in [-0.4, -0.2) is 28.3 Å². The molecule has 0 saturated heterocycles. The zero-order valence-corrected chi connectivity index (χ0v) is 9.70. The summed E-state index contributed by atoms with van der Waals surface area (Å²) in [5, 5.41) is 13.3. The van der Waals surface area contributed by atoms with Gasteiger partial charge in [-0.25, -0.2) is 0 Å². The van der Waals surface area contributed by atoms with Crippen LogP contribution in [0.3, 0.4) is 0 Å². The molecule has 0 aliphatic heterocycles. The van der Waals surface area contributed by atoms with Gasteiger partial charge in [0.05, 0.1) is 5.60 Å². The van der Waals surface area contributed by atoms with Crippen molar-refractivity contribution in [3.8, 4) is 0 Å². The molecule has 0 spiro atoms. The molecule has 0 saturated carbocycles. The van der Waals surface area contributed by atoms with E-state index in [0.29, 0.717) is 19.0 Å². The van der Waals surface area contributed by atoms with Crippen molar-refractivity contribution in [2.75, 3.05) is 6.54 Å². The number of hydrogen-bond acceptors (Lipinski definition) is 3. The van der Waals surface area contributed by atoms with E-state index in [4.69, 9.17) is 0 Å². The fraction of sp³-hybridized carbons (Fsp3) is 0.583. The predicted octanol–water partition coefficient (Wildman–Crippen LogP) is 1.37. The largest absolute Gasteiger partial charge is 0.388 e. The molecule has 15 heavy (non-hydrogen) atoms. The van der Waals surface area contributed by atoms with Crippen LogP contribution in [0.4, 0.5) is 0 Å². The average molecular weight is 208 g/mol. The first-order valence-electron chi connectivity index (χ1n) is 5.35. The summed E-state index contributed by atoms with van der Waals surface area (Å²) in [5.74, 6) is 0. The van der Waals surface area contributed by atoms with Crippen molar-refractivity contribution in [1.82, 2.24) is 10.3 Å². The third-order valence-corrected chi connectivity index (χ3v) is 2.18. The molecule has 0 aromatic carbocycles. The molecule has 2 N–H and O–H groups in total. The summed E-state index contributed by atoms with van der Waals surface area (Å²) in [6, 6.07) is 6.14. The van der Waals surface area contributed by atoms with Crippen molar-refractivity contribution < 1.29 is 5.11 Å². The first kappa shape index (κ1) is 12.1. The standard InChI is InChI=1S/C12H20N2O/c1-10(2)14-9-12(3,15)8-11-6-4-5-7-13-11/h4-7,10,14-15H,8-9H2,1-3H3. The van der Waals surface area contributed by atoms with Crippen LogP contribution < -0.4 is 5.32 Å². The van der Waals surface area contributed by atoms with E-state index in [0.717, 1.165) is 5.69 Å². The lowest BCUT2D eigenvalue weighted by Gasteiger charge is -2.24. The maximum absolute atomic E-state index is 10.1. The van der Waals surface area contributed by atoms with Gasteiger partial charge < -0.3 is 10.4 Å². The molecule has 0 aliphatic carbocycles. The summed E-state index contributed by atoms with van der Waals surface area (Å²) in [4.78, 5) is 4.20. The second-order valence-corrected chi connectivity index (χ2v) is 4.53. The molecule has 1 aromatic heterocycles. The lowest BCUT2D eigenvalue weighted by atomic mass is 9.99. The summed E-state index contributed by atoms with van der Waals surface area (Å²) in [5.41, 5.74) is 0.187.